The summed E-state index contributed by atoms with van der Waals surface area (Å²) in [5.41, 5.74) is 3.26. The molecule has 0 aliphatic carbocycles. The van der Waals surface area contributed by atoms with E-state index in [4.69, 9.17) is 0 Å². The summed E-state index contributed by atoms with van der Waals surface area (Å²) in [4.78, 5) is 1.34. The summed E-state index contributed by atoms with van der Waals surface area (Å²) in [5, 5.41) is 15.4. The van der Waals surface area contributed by atoms with Crippen molar-refractivity contribution in [2.75, 3.05) is 5.32 Å². The number of aryl methyl sites for hydroxylation is 1. The van der Waals surface area contributed by atoms with E-state index in [1.807, 2.05) is 24.3 Å². The fourth-order valence-corrected chi connectivity index (χ4v) is 3.06. The quantitative estimate of drug-likeness (QED) is 0.861. The van der Waals surface area contributed by atoms with E-state index in [9.17, 15) is 5.11 Å². The van der Waals surface area contributed by atoms with Crippen molar-refractivity contribution in [1.82, 2.24) is 0 Å². The highest BCUT2D eigenvalue weighted by molar-refractivity contribution is 7.10. The molecular weight excluding hydrogens is 242 g/mol. The van der Waals surface area contributed by atoms with Gasteiger partial charge in [0.05, 0.1) is 12.1 Å². The van der Waals surface area contributed by atoms with Crippen molar-refractivity contribution < 1.29 is 5.11 Å². The Kier molecular flexibility index (Phi) is 4.04. The van der Waals surface area contributed by atoms with E-state index in [0.29, 0.717) is 0 Å². The number of aliphatic hydroxyl groups is 1. The summed E-state index contributed by atoms with van der Waals surface area (Å²) in [7, 11) is 0. The van der Waals surface area contributed by atoms with Gasteiger partial charge in [-0.05, 0) is 43.8 Å². The van der Waals surface area contributed by atoms with Gasteiger partial charge in [-0.15, -0.1) is 11.3 Å². The molecular formula is C15H19NOS. The largest absolute Gasteiger partial charge is 0.389 e. The lowest BCUT2D eigenvalue weighted by Crippen LogP contribution is -2.09. The van der Waals surface area contributed by atoms with E-state index < -0.39 is 6.10 Å². The van der Waals surface area contributed by atoms with Crippen molar-refractivity contribution in [2.24, 2.45) is 0 Å². The Morgan fingerprint density at radius 1 is 1.17 bits per heavy atom. The van der Waals surface area contributed by atoms with Crippen LogP contribution in [0.1, 0.15) is 42.0 Å². The van der Waals surface area contributed by atoms with Crippen LogP contribution in [0.3, 0.4) is 0 Å². The molecule has 0 spiro atoms. The molecule has 3 heteroatoms. The third kappa shape index (κ3) is 2.74. The first-order valence-corrected chi connectivity index (χ1v) is 7.05. The van der Waals surface area contributed by atoms with Gasteiger partial charge in [-0.2, -0.15) is 0 Å². The van der Waals surface area contributed by atoms with Crippen molar-refractivity contribution in [3.63, 3.8) is 0 Å². The number of hydrogen-bond donors (Lipinski definition) is 2. The second-order valence-electron chi connectivity index (χ2n) is 4.60. The van der Waals surface area contributed by atoms with Crippen molar-refractivity contribution in [2.45, 2.75) is 32.9 Å². The van der Waals surface area contributed by atoms with E-state index in [1.165, 1.54) is 10.4 Å². The molecule has 2 nitrogen and oxygen atoms in total. The van der Waals surface area contributed by atoms with Crippen LogP contribution in [-0.2, 0) is 0 Å². The minimum absolute atomic E-state index is 0.255. The maximum Gasteiger partial charge on any atom is 0.0781 e. The summed E-state index contributed by atoms with van der Waals surface area (Å²) in [6.07, 6.45) is -0.453. The van der Waals surface area contributed by atoms with Gasteiger partial charge in [0.1, 0.15) is 0 Å². The van der Waals surface area contributed by atoms with Gasteiger partial charge in [-0.25, -0.2) is 0 Å². The number of hydrogen-bond acceptors (Lipinski definition) is 3. The molecule has 0 radical (unpaired) electrons. The fourth-order valence-electron chi connectivity index (χ4n) is 2.12. The van der Waals surface area contributed by atoms with Gasteiger partial charge < -0.3 is 10.4 Å². The molecule has 0 bridgehead atoms. The SMILES string of the molecule is Cc1ccsc1C(C)Nc1ccccc1C(C)O. The van der Waals surface area contributed by atoms with E-state index in [2.05, 4.69) is 30.6 Å². The van der Waals surface area contributed by atoms with Gasteiger partial charge in [0.2, 0.25) is 0 Å². The molecule has 2 unspecified atom stereocenters. The molecule has 96 valence electrons. The maximum absolute atomic E-state index is 9.77. The second-order valence-corrected chi connectivity index (χ2v) is 5.54. The Morgan fingerprint density at radius 2 is 1.89 bits per heavy atom. The minimum Gasteiger partial charge on any atom is -0.389 e. The summed E-state index contributed by atoms with van der Waals surface area (Å²) < 4.78 is 0. The number of aliphatic hydroxyl groups excluding tert-OH is 1. The second kappa shape index (κ2) is 5.55. The van der Waals surface area contributed by atoms with Crippen molar-refractivity contribution >= 4 is 17.0 Å². The highest BCUT2D eigenvalue weighted by atomic mass is 32.1. The van der Waals surface area contributed by atoms with Crippen molar-refractivity contribution in [3.8, 4) is 0 Å². The lowest BCUT2D eigenvalue weighted by molar-refractivity contribution is 0.200. The molecule has 1 aromatic carbocycles. The number of thiophene rings is 1. The monoisotopic (exact) mass is 261 g/mol. The average molecular weight is 261 g/mol. The third-order valence-corrected chi connectivity index (χ3v) is 4.28. The van der Waals surface area contributed by atoms with E-state index in [-0.39, 0.29) is 6.04 Å². The zero-order valence-electron chi connectivity index (χ0n) is 11.0. The smallest absolute Gasteiger partial charge is 0.0781 e. The molecule has 1 heterocycles. The molecule has 1 aromatic heterocycles. The molecule has 2 N–H and O–H groups in total. The molecule has 2 aromatic rings. The highest BCUT2D eigenvalue weighted by Gasteiger charge is 2.13. The van der Waals surface area contributed by atoms with Crippen LogP contribution in [0.4, 0.5) is 5.69 Å². The van der Waals surface area contributed by atoms with Crippen LogP contribution >= 0.6 is 11.3 Å². The van der Waals surface area contributed by atoms with E-state index >= 15 is 0 Å². The summed E-state index contributed by atoms with van der Waals surface area (Å²) in [6.45, 7) is 6.07. The Hall–Kier alpha value is -1.32. The Morgan fingerprint density at radius 3 is 2.50 bits per heavy atom. The molecule has 0 aliphatic rings. The minimum atomic E-state index is -0.453. The Bertz CT molecular complexity index is 519. The first-order valence-electron chi connectivity index (χ1n) is 6.17. The zero-order valence-corrected chi connectivity index (χ0v) is 11.8. The molecule has 0 saturated carbocycles. The summed E-state index contributed by atoms with van der Waals surface area (Å²) >= 11 is 1.77. The van der Waals surface area contributed by atoms with Crippen molar-refractivity contribution in [1.29, 1.82) is 0 Å². The molecule has 0 saturated heterocycles. The Labute approximate surface area is 112 Å². The van der Waals surface area contributed by atoms with E-state index in [1.54, 1.807) is 18.3 Å². The van der Waals surface area contributed by atoms with Gasteiger partial charge in [-0.3, -0.25) is 0 Å². The van der Waals surface area contributed by atoms with Crippen LogP contribution in [0, 0.1) is 6.92 Å². The van der Waals surface area contributed by atoms with Gasteiger partial charge in [0.15, 0.2) is 0 Å². The number of nitrogens with one attached hydrogen (secondary N) is 1. The number of anilines is 1. The molecule has 0 fully saturated rings. The predicted octanol–water partition coefficient (Wildman–Crippen LogP) is 4.28. The third-order valence-electron chi connectivity index (χ3n) is 3.08. The van der Waals surface area contributed by atoms with Crippen LogP contribution in [0.2, 0.25) is 0 Å². The standard InChI is InChI=1S/C15H19NOS/c1-10-8-9-18-15(10)11(2)16-14-7-5-4-6-13(14)12(3)17/h4-9,11-12,16-17H,1-3H3. The number of para-hydroxylation sites is 1. The van der Waals surface area contributed by atoms with Gasteiger partial charge >= 0.3 is 0 Å². The number of rotatable bonds is 4. The lowest BCUT2D eigenvalue weighted by Gasteiger charge is -2.19. The van der Waals surface area contributed by atoms with Gasteiger partial charge in [0, 0.05) is 16.1 Å². The molecule has 0 aliphatic heterocycles. The Balaban J connectivity index is 2.22. The molecule has 2 atom stereocenters. The van der Waals surface area contributed by atoms with Crippen LogP contribution < -0.4 is 5.32 Å². The maximum atomic E-state index is 9.77. The summed E-state index contributed by atoms with van der Waals surface area (Å²) in [6, 6.07) is 10.3. The lowest BCUT2D eigenvalue weighted by atomic mass is 10.1. The normalized spacial score (nSPS) is 14.2. The van der Waals surface area contributed by atoms with Crippen LogP contribution in [0.5, 0.6) is 0 Å². The average Bonchev–Trinajstić information content (AvgIpc) is 2.76. The number of benzene rings is 1. The first kappa shape index (κ1) is 13.1. The van der Waals surface area contributed by atoms with Crippen molar-refractivity contribution in [3.05, 3.63) is 51.7 Å². The topological polar surface area (TPSA) is 32.3 Å². The van der Waals surface area contributed by atoms with Gasteiger partial charge in [-0.1, -0.05) is 18.2 Å². The van der Waals surface area contributed by atoms with Crippen LogP contribution in [0.25, 0.3) is 0 Å². The summed E-state index contributed by atoms with van der Waals surface area (Å²) in [5.74, 6) is 0. The molecule has 0 amide bonds. The van der Waals surface area contributed by atoms with Crippen LogP contribution in [0.15, 0.2) is 35.7 Å². The fraction of sp³-hybridized carbons (Fsp3) is 0.333. The molecule has 18 heavy (non-hydrogen) atoms. The van der Waals surface area contributed by atoms with E-state index in [0.717, 1.165) is 11.3 Å². The molecule has 2 rings (SSSR count). The predicted molar refractivity (Wildman–Crippen MR) is 78.2 cm³/mol. The first-order chi connectivity index (χ1) is 8.59. The van der Waals surface area contributed by atoms with Gasteiger partial charge in [0.25, 0.3) is 0 Å². The highest BCUT2D eigenvalue weighted by Crippen LogP contribution is 2.30. The van der Waals surface area contributed by atoms with Crippen LogP contribution in [-0.4, -0.2) is 5.11 Å². The zero-order chi connectivity index (χ0) is 13.1.